The number of sulfonamides is 1. The Morgan fingerprint density at radius 2 is 1.75 bits per heavy atom. The number of rotatable bonds is 6. The number of tetrazole rings is 1. The van der Waals surface area contributed by atoms with Gasteiger partial charge in [-0.05, 0) is 60.0 Å². The highest BCUT2D eigenvalue weighted by atomic mass is 32.2. The second kappa shape index (κ2) is 9.05. The van der Waals surface area contributed by atoms with E-state index in [1.165, 1.54) is 10.4 Å². The Labute approximate surface area is 185 Å². The summed E-state index contributed by atoms with van der Waals surface area (Å²) >= 11 is 0. The largest absolute Gasteiger partial charge is 0.368 e. The normalized spacial score (nSPS) is 14.9. The van der Waals surface area contributed by atoms with E-state index >= 15 is 0 Å². The first-order chi connectivity index (χ1) is 15.4. The van der Waals surface area contributed by atoms with E-state index in [2.05, 4.69) is 15.7 Å². The Morgan fingerprint density at radius 3 is 2.47 bits per heavy atom. The van der Waals surface area contributed by atoms with E-state index < -0.39 is 21.6 Å². The van der Waals surface area contributed by atoms with E-state index in [9.17, 15) is 18.0 Å². The minimum Gasteiger partial charge on any atom is -0.324 e. The molecule has 1 aliphatic rings. The number of nitrogens with zero attached hydrogens (tertiary/aromatic N) is 5. The molecule has 32 heavy (non-hydrogen) atoms. The zero-order valence-corrected chi connectivity index (χ0v) is 18.5. The van der Waals surface area contributed by atoms with E-state index in [-0.39, 0.29) is 11.4 Å². The van der Waals surface area contributed by atoms with Gasteiger partial charge in [0.15, 0.2) is 0 Å². The van der Waals surface area contributed by atoms with Crippen LogP contribution in [0.1, 0.15) is 24.8 Å². The molecular weight excluding hydrogens is 432 g/mol. The predicted molar refractivity (Wildman–Crippen MR) is 118 cm³/mol. The van der Waals surface area contributed by atoms with Gasteiger partial charge in [-0.15, -0.1) is 0 Å². The smallest absolute Gasteiger partial charge is 0.324 e. The van der Waals surface area contributed by atoms with Gasteiger partial charge in [0.25, 0.3) is 0 Å². The molecule has 2 heterocycles. The first-order valence-corrected chi connectivity index (χ1v) is 11.8. The van der Waals surface area contributed by atoms with Gasteiger partial charge in [-0.3, -0.25) is 4.79 Å². The number of hydrogen-bond acceptors (Lipinski definition) is 6. The third-order valence-corrected chi connectivity index (χ3v) is 7.38. The quantitative estimate of drug-likeness (QED) is 0.601. The molecule has 2 aromatic carbocycles. The molecule has 0 aliphatic carbocycles. The van der Waals surface area contributed by atoms with E-state index in [4.69, 9.17) is 0 Å². The first kappa shape index (κ1) is 21.9. The van der Waals surface area contributed by atoms with Crippen molar-refractivity contribution in [2.45, 2.75) is 37.6 Å². The molecular formula is C21H24N6O4S. The molecule has 10 nitrogen and oxygen atoms in total. The number of benzene rings is 2. The fourth-order valence-electron chi connectivity index (χ4n) is 3.64. The van der Waals surface area contributed by atoms with Crippen molar-refractivity contribution < 1.29 is 13.2 Å². The van der Waals surface area contributed by atoms with Crippen molar-refractivity contribution in [1.29, 1.82) is 0 Å². The van der Waals surface area contributed by atoms with Crippen LogP contribution < -0.4 is 11.0 Å². The van der Waals surface area contributed by atoms with Gasteiger partial charge >= 0.3 is 5.69 Å². The van der Waals surface area contributed by atoms with E-state index in [1.54, 1.807) is 43.3 Å². The summed E-state index contributed by atoms with van der Waals surface area (Å²) in [6.45, 7) is 2.37. The van der Waals surface area contributed by atoms with Crippen molar-refractivity contribution in [3.05, 3.63) is 64.6 Å². The monoisotopic (exact) mass is 456 g/mol. The molecule has 1 aliphatic heterocycles. The molecule has 11 heteroatoms. The highest BCUT2D eigenvalue weighted by molar-refractivity contribution is 7.89. The maximum absolute atomic E-state index is 13.1. The van der Waals surface area contributed by atoms with Crippen LogP contribution in [0.25, 0.3) is 5.69 Å². The lowest BCUT2D eigenvalue weighted by molar-refractivity contribution is -0.117. The molecule has 0 unspecified atom stereocenters. The van der Waals surface area contributed by atoms with E-state index in [1.807, 2.05) is 6.07 Å². The molecule has 0 bridgehead atoms. The minimum atomic E-state index is -3.64. The number of carbonyl (C=O) groups excluding carboxylic acids is 1. The van der Waals surface area contributed by atoms with Crippen LogP contribution in [-0.2, 0) is 21.4 Å². The molecule has 0 radical (unpaired) electrons. The standard InChI is InChI=1S/C21H24N6O4S/c1-16-10-11-17(14-19(16)32(30,31)25-12-6-3-7-13-25)22-20(28)15-26-21(29)27(24-23-26)18-8-4-2-5-9-18/h2,4-5,8-11,14H,3,6-7,12-13,15H2,1H3,(H,22,28). The summed E-state index contributed by atoms with van der Waals surface area (Å²) in [5.41, 5.74) is 0.925. The van der Waals surface area contributed by atoms with Gasteiger partial charge in [-0.1, -0.05) is 30.7 Å². The SMILES string of the molecule is Cc1ccc(NC(=O)Cn2nnn(-c3ccccc3)c2=O)cc1S(=O)(=O)N1CCCCC1. The molecule has 0 spiro atoms. The van der Waals surface area contributed by atoms with Gasteiger partial charge < -0.3 is 5.32 Å². The molecule has 1 N–H and O–H groups in total. The van der Waals surface area contributed by atoms with Crippen molar-refractivity contribution in [2.24, 2.45) is 0 Å². The van der Waals surface area contributed by atoms with Gasteiger partial charge in [0, 0.05) is 18.8 Å². The van der Waals surface area contributed by atoms with Gasteiger partial charge in [0.1, 0.15) is 6.54 Å². The fraction of sp³-hybridized carbons (Fsp3) is 0.333. The summed E-state index contributed by atoms with van der Waals surface area (Å²) < 4.78 is 29.7. The molecule has 0 atom stereocenters. The average molecular weight is 457 g/mol. The summed E-state index contributed by atoms with van der Waals surface area (Å²) in [4.78, 5) is 25.2. The van der Waals surface area contributed by atoms with Crippen LogP contribution in [0.15, 0.2) is 58.2 Å². The molecule has 4 rings (SSSR count). The number of aromatic nitrogens is 4. The number of amides is 1. The van der Waals surface area contributed by atoms with Crippen LogP contribution >= 0.6 is 0 Å². The first-order valence-electron chi connectivity index (χ1n) is 10.4. The number of hydrogen-bond donors (Lipinski definition) is 1. The number of aryl methyl sites for hydroxylation is 1. The Morgan fingerprint density at radius 1 is 1.03 bits per heavy atom. The minimum absolute atomic E-state index is 0.171. The van der Waals surface area contributed by atoms with Crippen LogP contribution in [0.4, 0.5) is 5.69 Å². The van der Waals surface area contributed by atoms with Crippen LogP contribution in [-0.4, -0.2) is 51.5 Å². The molecule has 1 amide bonds. The average Bonchev–Trinajstić information content (AvgIpc) is 3.16. The Balaban J connectivity index is 1.50. The predicted octanol–water partition coefficient (Wildman–Crippen LogP) is 1.55. The van der Waals surface area contributed by atoms with Crippen molar-refractivity contribution in [3.8, 4) is 5.69 Å². The summed E-state index contributed by atoms with van der Waals surface area (Å²) in [7, 11) is -3.64. The highest BCUT2D eigenvalue weighted by Gasteiger charge is 2.27. The van der Waals surface area contributed by atoms with Gasteiger partial charge in [0.05, 0.1) is 10.6 Å². The second-order valence-electron chi connectivity index (χ2n) is 7.66. The third-order valence-electron chi connectivity index (χ3n) is 5.34. The van der Waals surface area contributed by atoms with Gasteiger partial charge in [-0.2, -0.15) is 13.7 Å². The van der Waals surface area contributed by atoms with Crippen LogP contribution in [0, 0.1) is 6.92 Å². The second-order valence-corrected chi connectivity index (χ2v) is 9.57. The van der Waals surface area contributed by atoms with Crippen LogP contribution in [0.2, 0.25) is 0 Å². The molecule has 1 fully saturated rings. The Kier molecular flexibility index (Phi) is 6.19. The Bertz CT molecular complexity index is 1280. The van der Waals surface area contributed by atoms with E-state index in [0.717, 1.165) is 28.6 Å². The summed E-state index contributed by atoms with van der Waals surface area (Å²) in [6, 6.07) is 13.5. The molecule has 168 valence electrons. The molecule has 0 saturated carbocycles. The van der Waals surface area contributed by atoms with Crippen molar-refractivity contribution in [2.75, 3.05) is 18.4 Å². The highest BCUT2D eigenvalue weighted by Crippen LogP contribution is 2.26. The zero-order valence-electron chi connectivity index (χ0n) is 17.6. The van der Waals surface area contributed by atoms with Crippen LogP contribution in [0.5, 0.6) is 0 Å². The van der Waals surface area contributed by atoms with Gasteiger partial charge in [0.2, 0.25) is 15.9 Å². The van der Waals surface area contributed by atoms with Crippen molar-refractivity contribution >= 4 is 21.6 Å². The number of para-hydroxylation sites is 1. The number of carbonyl (C=O) groups is 1. The van der Waals surface area contributed by atoms with Crippen molar-refractivity contribution in [1.82, 2.24) is 24.1 Å². The maximum atomic E-state index is 13.1. The number of anilines is 1. The third kappa shape index (κ3) is 4.48. The van der Waals surface area contributed by atoms with Crippen molar-refractivity contribution in [3.63, 3.8) is 0 Å². The Hall–Kier alpha value is -3.31. The molecule has 1 saturated heterocycles. The van der Waals surface area contributed by atoms with E-state index in [0.29, 0.717) is 30.0 Å². The fourth-order valence-corrected chi connectivity index (χ4v) is 5.41. The zero-order chi connectivity index (χ0) is 22.7. The number of piperidine rings is 1. The topological polar surface area (TPSA) is 119 Å². The van der Waals surface area contributed by atoms with Crippen LogP contribution in [0.3, 0.4) is 0 Å². The lowest BCUT2D eigenvalue weighted by atomic mass is 10.2. The number of nitrogens with one attached hydrogen (secondary N) is 1. The lowest BCUT2D eigenvalue weighted by Gasteiger charge is -2.26. The summed E-state index contributed by atoms with van der Waals surface area (Å²) in [5.74, 6) is -0.516. The summed E-state index contributed by atoms with van der Waals surface area (Å²) in [6.07, 6.45) is 2.70. The lowest BCUT2D eigenvalue weighted by Crippen LogP contribution is -2.36. The molecule has 1 aromatic heterocycles. The van der Waals surface area contributed by atoms with Gasteiger partial charge in [-0.25, -0.2) is 13.2 Å². The molecule has 3 aromatic rings. The maximum Gasteiger partial charge on any atom is 0.368 e. The summed E-state index contributed by atoms with van der Waals surface area (Å²) in [5, 5.41) is 10.2.